The van der Waals surface area contributed by atoms with E-state index in [1.54, 1.807) is 11.3 Å². The van der Waals surface area contributed by atoms with Crippen LogP contribution >= 0.6 is 11.3 Å². The first-order chi connectivity index (χ1) is 13.9. The number of hydrogen-bond acceptors (Lipinski definition) is 6. The molecule has 1 aliphatic heterocycles. The van der Waals surface area contributed by atoms with Crippen molar-refractivity contribution in [2.24, 2.45) is 0 Å². The van der Waals surface area contributed by atoms with E-state index in [0.29, 0.717) is 38.3 Å². The van der Waals surface area contributed by atoms with Gasteiger partial charge in [0.2, 0.25) is 0 Å². The van der Waals surface area contributed by atoms with Crippen LogP contribution in [0.3, 0.4) is 0 Å². The molecule has 2 aromatic heterocycles. The van der Waals surface area contributed by atoms with Crippen molar-refractivity contribution in [2.75, 3.05) is 44.7 Å². The van der Waals surface area contributed by atoms with Crippen molar-refractivity contribution >= 4 is 38.0 Å². The monoisotopic (exact) mass is 429 g/mol. The summed E-state index contributed by atoms with van der Waals surface area (Å²) >= 11 is 1.61. The Labute approximate surface area is 174 Å². The molecule has 0 bridgehead atoms. The zero-order valence-electron chi connectivity index (χ0n) is 16.2. The molecule has 1 saturated heterocycles. The summed E-state index contributed by atoms with van der Waals surface area (Å²) in [6.07, 6.45) is 1.26. The lowest BCUT2D eigenvalue weighted by atomic mass is 10.1. The Morgan fingerprint density at radius 1 is 1.10 bits per heavy atom. The minimum Gasteiger partial charge on any atom is -0.336 e. The molecule has 0 aliphatic carbocycles. The van der Waals surface area contributed by atoms with E-state index in [2.05, 4.69) is 4.90 Å². The van der Waals surface area contributed by atoms with Gasteiger partial charge in [0, 0.05) is 44.4 Å². The normalized spacial score (nSPS) is 15.7. The fourth-order valence-corrected chi connectivity index (χ4v) is 4.82. The molecule has 1 fully saturated rings. The van der Waals surface area contributed by atoms with Crippen LogP contribution in [0.2, 0.25) is 0 Å². The molecule has 3 aromatic rings. The highest BCUT2D eigenvalue weighted by molar-refractivity contribution is 7.90. The average molecular weight is 430 g/mol. The maximum absolute atomic E-state index is 13.3. The predicted octanol–water partition coefficient (Wildman–Crippen LogP) is 2.77. The van der Waals surface area contributed by atoms with Crippen molar-refractivity contribution in [1.29, 1.82) is 0 Å². The van der Waals surface area contributed by atoms with Crippen LogP contribution in [0.15, 0.2) is 47.8 Å². The molecule has 6 nitrogen and oxygen atoms in total. The minimum absolute atomic E-state index is 0.00386. The van der Waals surface area contributed by atoms with Crippen molar-refractivity contribution in [3.63, 3.8) is 0 Å². The van der Waals surface area contributed by atoms with Crippen LogP contribution < -0.4 is 0 Å². The quantitative estimate of drug-likeness (QED) is 0.624. The third-order valence-corrected chi connectivity index (χ3v) is 6.97. The van der Waals surface area contributed by atoms with Crippen molar-refractivity contribution in [1.82, 2.24) is 14.8 Å². The number of para-hydroxylation sites is 1. The number of nitrogens with zero attached hydrogens (tertiary/aromatic N) is 3. The van der Waals surface area contributed by atoms with Crippen LogP contribution in [0.4, 0.5) is 0 Å². The Balaban J connectivity index is 1.56. The van der Waals surface area contributed by atoms with Crippen molar-refractivity contribution < 1.29 is 13.2 Å². The molecule has 3 heterocycles. The summed E-state index contributed by atoms with van der Waals surface area (Å²) in [6.45, 7) is 3.06. The molecular formula is C21H23N3O3S2. The minimum atomic E-state index is -2.98. The number of thiophene rings is 1. The first kappa shape index (κ1) is 20.0. The van der Waals surface area contributed by atoms with E-state index in [1.807, 2.05) is 52.7 Å². The van der Waals surface area contributed by atoms with Gasteiger partial charge in [-0.15, -0.1) is 11.3 Å². The average Bonchev–Trinajstić information content (AvgIpc) is 3.26. The fraction of sp³-hybridized carbons (Fsp3) is 0.333. The maximum Gasteiger partial charge on any atom is 0.254 e. The second kappa shape index (κ2) is 8.22. The molecule has 0 saturated carbocycles. The third kappa shape index (κ3) is 4.66. The van der Waals surface area contributed by atoms with Crippen LogP contribution in [0.5, 0.6) is 0 Å². The molecule has 0 radical (unpaired) electrons. The topological polar surface area (TPSA) is 70.6 Å². The highest BCUT2D eigenvalue weighted by atomic mass is 32.2. The summed E-state index contributed by atoms with van der Waals surface area (Å²) in [5.41, 5.74) is 2.30. The smallest absolute Gasteiger partial charge is 0.254 e. The van der Waals surface area contributed by atoms with Gasteiger partial charge in [0.1, 0.15) is 9.84 Å². The zero-order valence-corrected chi connectivity index (χ0v) is 17.9. The lowest BCUT2D eigenvalue weighted by Gasteiger charge is -2.34. The molecule has 0 atom stereocenters. The molecule has 0 N–H and O–H groups in total. The molecule has 8 heteroatoms. The predicted molar refractivity (Wildman–Crippen MR) is 117 cm³/mol. The summed E-state index contributed by atoms with van der Waals surface area (Å²) in [7, 11) is -2.98. The van der Waals surface area contributed by atoms with E-state index in [9.17, 15) is 13.2 Å². The number of aromatic nitrogens is 1. The summed E-state index contributed by atoms with van der Waals surface area (Å²) in [5, 5.41) is 2.86. The first-order valence-corrected chi connectivity index (χ1v) is 12.5. The molecule has 0 unspecified atom stereocenters. The summed E-state index contributed by atoms with van der Waals surface area (Å²) in [5.74, 6) is 0.157. The number of rotatable bonds is 5. The van der Waals surface area contributed by atoms with Crippen LogP contribution in [0.1, 0.15) is 10.4 Å². The van der Waals surface area contributed by atoms with Gasteiger partial charge in [0.15, 0.2) is 0 Å². The Bertz CT molecular complexity index is 1120. The van der Waals surface area contributed by atoms with E-state index in [-0.39, 0.29) is 11.7 Å². The van der Waals surface area contributed by atoms with E-state index in [4.69, 9.17) is 4.98 Å². The van der Waals surface area contributed by atoms with Gasteiger partial charge < -0.3 is 4.90 Å². The van der Waals surface area contributed by atoms with E-state index in [0.717, 1.165) is 21.5 Å². The van der Waals surface area contributed by atoms with E-state index in [1.165, 1.54) is 6.26 Å². The second-order valence-corrected chi connectivity index (χ2v) is 10.5. The Morgan fingerprint density at radius 3 is 2.55 bits per heavy atom. The fourth-order valence-electron chi connectivity index (χ4n) is 3.54. The number of sulfone groups is 1. The Kier molecular flexibility index (Phi) is 5.67. The number of fused-ring (bicyclic) bond motifs is 1. The molecule has 29 heavy (non-hydrogen) atoms. The van der Waals surface area contributed by atoms with Crippen LogP contribution in [0, 0.1) is 0 Å². The molecule has 4 rings (SSSR count). The Morgan fingerprint density at radius 2 is 1.86 bits per heavy atom. The maximum atomic E-state index is 13.3. The molecule has 0 spiro atoms. The third-order valence-electron chi connectivity index (χ3n) is 5.16. The van der Waals surface area contributed by atoms with Gasteiger partial charge in [-0.3, -0.25) is 9.69 Å². The molecule has 1 aromatic carbocycles. The molecule has 1 amide bonds. The van der Waals surface area contributed by atoms with Gasteiger partial charge in [-0.1, -0.05) is 24.3 Å². The number of benzene rings is 1. The molecule has 152 valence electrons. The summed E-state index contributed by atoms with van der Waals surface area (Å²) < 4.78 is 22.8. The van der Waals surface area contributed by atoms with Gasteiger partial charge in [-0.05, 0) is 23.6 Å². The van der Waals surface area contributed by atoms with Crippen molar-refractivity contribution in [3.8, 4) is 10.6 Å². The van der Waals surface area contributed by atoms with Gasteiger partial charge in [0.25, 0.3) is 5.91 Å². The van der Waals surface area contributed by atoms with Crippen LogP contribution in [-0.2, 0) is 9.84 Å². The lowest BCUT2D eigenvalue weighted by molar-refractivity contribution is 0.0646. The number of amides is 1. The van der Waals surface area contributed by atoms with Gasteiger partial charge in [0.05, 0.1) is 27.4 Å². The summed E-state index contributed by atoms with van der Waals surface area (Å²) in [4.78, 5) is 23.1. The number of piperazine rings is 1. The second-order valence-electron chi connectivity index (χ2n) is 7.31. The number of pyridine rings is 1. The Hall–Kier alpha value is -2.29. The highest BCUT2D eigenvalue weighted by Crippen LogP contribution is 2.28. The number of carbonyl (C=O) groups excluding carboxylic acids is 1. The van der Waals surface area contributed by atoms with Crippen molar-refractivity contribution in [2.45, 2.75) is 0 Å². The lowest BCUT2D eigenvalue weighted by Crippen LogP contribution is -2.49. The highest BCUT2D eigenvalue weighted by Gasteiger charge is 2.24. The van der Waals surface area contributed by atoms with E-state index >= 15 is 0 Å². The van der Waals surface area contributed by atoms with Crippen LogP contribution in [-0.4, -0.2) is 73.8 Å². The number of hydrogen-bond donors (Lipinski definition) is 0. The SMILES string of the molecule is CS(=O)(=O)CCN1CCN(C(=O)c2cc(-c3cccs3)nc3ccccc23)CC1. The van der Waals surface area contributed by atoms with Crippen LogP contribution in [0.25, 0.3) is 21.5 Å². The van der Waals surface area contributed by atoms with Gasteiger partial charge in [-0.2, -0.15) is 0 Å². The van der Waals surface area contributed by atoms with E-state index < -0.39 is 9.84 Å². The number of carbonyl (C=O) groups is 1. The van der Waals surface area contributed by atoms with Gasteiger partial charge in [-0.25, -0.2) is 13.4 Å². The van der Waals surface area contributed by atoms with Gasteiger partial charge >= 0.3 is 0 Å². The largest absolute Gasteiger partial charge is 0.336 e. The molecular weight excluding hydrogens is 406 g/mol. The summed E-state index contributed by atoms with van der Waals surface area (Å²) in [6, 6.07) is 13.6. The zero-order chi connectivity index (χ0) is 20.4. The van der Waals surface area contributed by atoms with Crippen molar-refractivity contribution in [3.05, 3.63) is 53.4 Å². The first-order valence-electron chi connectivity index (χ1n) is 9.54. The molecule has 1 aliphatic rings. The standard InChI is InChI=1S/C21H23N3O3S2/c1-29(26,27)14-12-23-8-10-24(11-9-23)21(25)17-15-19(20-7-4-13-28-20)22-18-6-3-2-5-16(17)18/h2-7,13,15H,8-12,14H2,1H3.